The van der Waals surface area contributed by atoms with Crippen molar-refractivity contribution in [1.29, 1.82) is 0 Å². The fourth-order valence-corrected chi connectivity index (χ4v) is 2.16. The first-order valence-electron chi connectivity index (χ1n) is 7.63. The molecule has 0 bridgehead atoms. The highest BCUT2D eigenvalue weighted by Gasteiger charge is 1.99. The lowest BCUT2D eigenvalue weighted by atomic mass is 10.0. The minimum atomic E-state index is 0.0218. The molecule has 0 N–H and O–H groups in total. The SMILES string of the molecule is CCCCCCCCCCCCCC(C)N=O. The van der Waals surface area contributed by atoms with Crippen LogP contribution in [0.25, 0.3) is 0 Å². The average Bonchev–Trinajstić information content (AvgIpc) is 2.35. The number of nitroso groups, excluding NO2 is 1. The van der Waals surface area contributed by atoms with Gasteiger partial charge in [-0.3, -0.25) is 0 Å². The van der Waals surface area contributed by atoms with Crippen LogP contribution in [0.3, 0.4) is 0 Å². The number of hydrogen-bond donors (Lipinski definition) is 0. The summed E-state index contributed by atoms with van der Waals surface area (Å²) in [6, 6.07) is 0.0218. The van der Waals surface area contributed by atoms with Crippen LogP contribution in [0.1, 0.15) is 90.9 Å². The predicted octanol–water partition coefficient (Wildman–Crippen LogP) is 5.84. The molecule has 1 unspecified atom stereocenters. The largest absolute Gasteiger partial charge is 0.151 e. The van der Waals surface area contributed by atoms with Gasteiger partial charge in [0.1, 0.15) is 0 Å². The van der Waals surface area contributed by atoms with Gasteiger partial charge in [-0.2, -0.15) is 4.91 Å². The summed E-state index contributed by atoms with van der Waals surface area (Å²) in [4.78, 5) is 10.2. The quantitative estimate of drug-likeness (QED) is 0.294. The molecule has 0 heterocycles. The van der Waals surface area contributed by atoms with Gasteiger partial charge >= 0.3 is 0 Å². The highest BCUT2D eigenvalue weighted by atomic mass is 16.3. The van der Waals surface area contributed by atoms with E-state index in [1.54, 1.807) is 0 Å². The molecule has 2 nitrogen and oxygen atoms in total. The summed E-state index contributed by atoms with van der Waals surface area (Å²) in [5, 5.41) is 3.02. The minimum absolute atomic E-state index is 0.0218. The molecule has 0 aromatic heterocycles. The van der Waals surface area contributed by atoms with Gasteiger partial charge in [0.15, 0.2) is 0 Å². The van der Waals surface area contributed by atoms with Gasteiger partial charge in [0.05, 0.1) is 6.04 Å². The van der Waals surface area contributed by atoms with Crippen molar-refractivity contribution in [3.05, 3.63) is 4.91 Å². The van der Waals surface area contributed by atoms with Crippen molar-refractivity contribution in [1.82, 2.24) is 0 Å². The van der Waals surface area contributed by atoms with Crippen LogP contribution in [0.15, 0.2) is 5.18 Å². The van der Waals surface area contributed by atoms with E-state index >= 15 is 0 Å². The van der Waals surface area contributed by atoms with Crippen LogP contribution in [0.4, 0.5) is 0 Å². The second kappa shape index (κ2) is 13.7. The Balaban J connectivity index is 2.96. The molecule has 0 aliphatic heterocycles. The molecule has 0 rings (SSSR count). The molecular weight excluding hydrogens is 210 g/mol. The molecule has 0 amide bonds. The third-order valence-corrected chi connectivity index (χ3v) is 3.41. The summed E-state index contributed by atoms with van der Waals surface area (Å²) < 4.78 is 0. The van der Waals surface area contributed by atoms with Crippen LogP contribution in [-0.2, 0) is 0 Å². The summed E-state index contributed by atoms with van der Waals surface area (Å²) in [6.45, 7) is 4.17. The molecule has 17 heavy (non-hydrogen) atoms. The van der Waals surface area contributed by atoms with Gasteiger partial charge in [-0.1, -0.05) is 82.7 Å². The molecule has 0 aromatic carbocycles. The van der Waals surface area contributed by atoms with Crippen LogP contribution in [-0.4, -0.2) is 6.04 Å². The number of unbranched alkanes of at least 4 members (excludes halogenated alkanes) is 10. The second-order valence-electron chi connectivity index (χ2n) is 5.28. The van der Waals surface area contributed by atoms with Crippen molar-refractivity contribution in [2.24, 2.45) is 5.18 Å². The van der Waals surface area contributed by atoms with Gasteiger partial charge < -0.3 is 0 Å². The topological polar surface area (TPSA) is 29.4 Å². The third kappa shape index (κ3) is 13.5. The van der Waals surface area contributed by atoms with E-state index in [-0.39, 0.29) is 6.04 Å². The summed E-state index contributed by atoms with van der Waals surface area (Å²) in [5.41, 5.74) is 0. The molecule has 0 aliphatic carbocycles. The lowest BCUT2D eigenvalue weighted by Gasteiger charge is -2.03. The molecule has 102 valence electrons. The molecule has 0 saturated carbocycles. The summed E-state index contributed by atoms with van der Waals surface area (Å²) in [7, 11) is 0. The van der Waals surface area contributed by atoms with E-state index in [1.807, 2.05) is 6.92 Å². The summed E-state index contributed by atoms with van der Waals surface area (Å²) in [5.74, 6) is 0. The molecule has 0 saturated heterocycles. The van der Waals surface area contributed by atoms with Crippen LogP contribution in [0.5, 0.6) is 0 Å². The fourth-order valence-electron chi connectivity index (χ4n) is 2.16. The van der Waals surface area contributed by atoms with Gasteiger partial charge in [0.25, 0.3) is 0 Å². The van der Waals surface area contributed by atoms with Gasteiger partial charge in [-0.25, -0.2) is 0 Å². The first-order valence-corrected chi connectivity index (χ1v) is 7.63. The van der Waals surface area contributed by atoms with Crippen LogP contribution in [0.2, 0.25) is 0 Å². The second-order valence-corrected chi connectivity index (χ2v) is 5.28. The Hall–Kier alpha value is -0.400. The van der Waals surface area contributed by atoms with Crippen LogP contribution in [0, 0.1) is 4.91 Å². The lowest BCUT2D eigenvalue weighted by molar-refractivity contribution is 0.530. The Morgan fingerprint density at radius 1 is 0.765 bits per heavy atom. The molecule has 0 radical (unpaired) electrons. The Labute approximate surface area is 108 Å². The van der Waals surface area contributed by atoms with Crippen molar-refractivity contribution in [2.75, 3.05) is 0 Å². The summed E-state index contributed by atoms with van der Waals surface area (Å²) >= 11 is 0. The van der Waals surface area contributed by atoms with E-state index in [2.05, 4.69) is 12.1 Å². The highest BCUT2D eigenvalue weighted by molar-refractivity contribution is 4.58. The first-order chi connectivity index (χ1) is 8.31. The zero-order valence-corrected chi connectivity index (χ0v) is 11.9. The van der Waals surface area contributed by atoms with Crippen molar-refractivity contribution < 1.29 is 0 Å². The van der Waals surface area contributed by atoms with E-state index < -0.39 is 0 Å². The Kier molecular flexibility index (Phi) is 13.3. The molecule has 0 fully saturated rings. The minimum Gasteiger partial charge on any atom is -0.151 e. The monoisotopic (exact) mass is 241 g/mol. The maximum atomic E-state index is 10.2. The fraction of sp³-hybridized carbons (Fsp3) is 1.00. The van der Waals surface area contributed by atoms with Crippen molar-refractivity contribution >= 4 is 0 Å². The van der Waals surface area contributed by atoms with Crippen LogP contribution >= 0.6 is 0 Å². The van der Waals surface area contributed by atoms with Crippen molar-refractivity contribution in [3.63, 3.8) is 0 Å². The molecule has 2 heteroatoms. The standard InChI is InChI=1S/C15H31NO/c1-3-4-5-6-7-8-9-10-11-12-13-14-15(2)16-17/h15H,3-14H2,1-2H3. The van der Waals surface area contributed by atoms with Gasteiger partial charge in [-0.15, -0.1) is 0 Å². The molecule has 0 spiro atoms. The van der Waals surface area contributed by atoms with E-state index in [1.165, 1.54) is 70.6 Å². The molecule has 0 aromatic rings. The third-order valence-electron chi connectivity index (χ3n) is 3.41. The molecular formula is C15H31NO. The normalized spacial score (nSPS) is 12.6. The van der Waals surface area contributed by atoms with Gasteiger partial charge in [0.2, 0.25) is 0 Å². The van der Waals surface area contributed by atoms with E-state index in [0.29, 0.717) is 0 Å². The Morgan fingerprint density at radius 2 is 1.18 bits per heavy atom. The average molecular weight is 241 g/mol. The highest BCUT2D eigenvalue weighted by Crippen LogP contribution is 2.12. The molecule has 1 atom stereocenters. The maximum Gasteiger partial charge on any atom is 0.0891 e. The maximum absolute atomic E-state index is 10.2. The molecule has 0 aliphatic rings. The zero-order valence-electron chi connectivity index (χ0n) is 11.9. The Morgan fingerprint density at radius 3 is 1.59 bits per heavy atom. The van der Waals surface area contributed by atoms with E-state index in [9.17, 15) is 4.91 Å². The first kappa shape index (κ1) is 16.6. The Bertz CT molecular complexity index is 159. The van der Waals surface area contributed by atoms with Crippen molar-refractivity contribution in [3.8, 4) is 0 Å². The van der Waals surface area contributed by atoms with E-state index in [0.717, 1.165) is 6.42 Å². The van der Waals surface area contributed by atoms with Crippen LogP contribution < -0.4 is 0 Å². The predicted molar refractivity (Wildman–Crippen MR) is 76.3 cm³/mol. The smallest absolute Gasteiger partial charge is 0.0891 e. The van der Waals surface area contributed by atoms with E-state index in [4.69, 9.17) is 0 Å². The van der Waals surface area contributed by atoms with Crippen molar-refractivity contribution in [2.45, 2.75) is 96.9 Å². The number of hydrogen-bond acceptors (Lipinski definition) is 2. The lowest BCUT2D eigenvalue weighted by Crippen LogP contribution is -1.95. The number of nitrogens with zero attached hydrogens (tertiary/aromatic N) is 1. The van der Waals surface area contributed by atoms with Gasteiger partial charge in [-0.05, 0) is 13.3 Å². The van der Waals surface area contributed by atoms with Gasteiger partial charge in [0, 0.05) is 0 Å². The zero-order chi connectivity index (χ0) is 12.8. The summed E-state index contributed by atoms with van der Waals surface area (Å²) in [6.07, 6.45) is 16.0. The number of rotatable bonds is 13.